The Balaban J connectivity index is 3.67. The molecule has 0 aliphatic rings. The third kappa shape index (κ3) is 6.35. The van der Waals surface area contributed by atoms with E-state index in [1.807, 2.05) is 7.05 Å². The fraction of sp³-hybridized carbons (Fsp3) is 1.00. The van der Waals surface area contributed by atoms with Gasteiger partial charge in [0.15, 0.2) is 0 Å². The van der Waals surface area contributed by atoms with Gasteiger partial charge < -0.3 is 15.3 Å². The van der Waals surface area contributed by atoms with Crippen LogP contribution in [0, 0.1) is 0 Å². The molecular weight excluding hydrogens is 176 g/mol. The predicted octanol–water partition coefficient (Wildman–Crippen LogP) is 1.08. The first-order valence-corrected chi connectivity index (χ1v) is 5.78. The zero-order chi connectivity index (χ0) is 10.8. The van der Waals surface area contributed by atoms with Crippen molar-refractivity contribution in [3.8, 4) is 0 Å². The van der Waals surface area contributed by atoms with E-state index in [0.717, 1.165) is 13.0 Å². The van der Waals surface area contributed by atoms with Crippen molar-refractivity contribution >= 4 is 0 Å². The summed E-state index contributed by atoms with van der Waals surface area (Å²) in [6, 6.07) is 0.256. The molecule has 0 fully saturated rings. The van der Waals surface area contributed by atoms with Crippen LogP contribution in [0.1, 0.15) is 33.1 Å². The fourth-order valence-electron chi connectivity index (χ4n) is 1.63. The fourth-order valence-corrected chi connectivity index (χ4v) is 1.63. The molecule has 0 bridgehead atoms. The standard InChI is InChI=1S/C11H26N2O/c1-4-7-13(8-5-2)9-6-11(10-14)12-3/h11-12,14H,4-10H2,1-3H3. The summed E-state index contributed by atoms with van der Waals surface area (Å²) in [5, 5.41) is 12.1. The van der Waals surface area contributed by atoms with Crippen molar-refractivity contribution < 1.29 is 5.11 Å². The van der Waals surface area contributed by atoms with Crippen molar-refractivity contribution in [1.82, 2.24) is 10.2 Å². The molecule has 0 amide bonds. The Labute approximate surface area is 88.5 Å². The number of likely N-dealkylation sites (N-methyl/N-ethyl adjacent to an activating group) is 1. The van der Waals surface area contributed by atoms with Crippen molar-refractivity contribution in [3.05, 3.63) is 0 Å². The van der Waals surface area contributed by atoms with Crippen LogP contribution in [0.4, 0.5) is 0 Å². The third-order valence-electron chi connectivity index (χ3n) is 2.50. The lowest BCUT2D eigenvalue weighted by atomic mass is 10.2. The van der Waals surface area contributed by atoms with Crippen molar-refractivity contribution in [1.29, 1.82) is 0 Å². The number of nitrogens with one attached hydrogen (secondary N) is 1. The van der Waals surface area contributed by atoms with Crippen molar-refractivity contribution in [2.75, 3.05) is 33.3 Å². The number of aliphatic hydroxyl groups is 1. The maximum absolute atomic E-state index is 9.02. The molecule has 0 spiro atoms. The van der Waals surface area contributed by atoms with Crippen LogP contribution in [0.25, 0.3) is 0 Å². The first-order chi connectivity index (χ1) is 6.78. The lowest BCUT2D eigenvalue weighted by Gasteiger charge is -2.23. The van der Waals surface area contributed by atoms with Crippen LogP contribution in [-0.2, 0) is 0 Å². The molecule has 1 atom stereocenters. The summed E-state index contributed by atoms with van der Waals surface area (Å²) in [6.45, 7) is 8.11. The maximum Gasteiger partial charge on any atom is 0.0585 e. The number of rotatable bonds is 9. The van der Waals surface area contributed by atoms with Gasteiger partial charge in [-0.25, -0.2) is 0 Å². The summed E-state index contributed by atoms with van der Waals surface area (Å²) in [4.78, 5) is 2.47. The Kier molecular flexibility index (Phi) is 9.35. The molecule has 0 saturated carbocycles. The second-order valence-corrected chi connectivity index (χ2v) is 3.80. The zero-order valence-corrected chi connectivity index (χ0v) is 9.92. The minimum Gasteiger partial charge on any atom is -0.395 e. The summed E-state index contributed by atoms with van der Waals surface area (Å²) < 4.78 is 0. The lowest BCUT2D eigenvalue weighted by molar-refractivity contribution is 0.210. The number of hydrogen-bond acceptors (Lipinski definition) is 3. The van der Waals surface area contributed by atoms with Gasteiger partial charge in [-0.05, 0) is 45.9 Å². The molecule has 1 unspecified atom stereocenters. The van der Waals surface area contributed by atoms with E-state index in [2.05, 4.69) is 24.1 Å². The van der Waals surface area contributed by atoms with Crippen LogP contribution in [-0.4, -0.2) is 49.3 Å². The summed E-state index contributed by atoms with van der Waals surface area (Å²) in [5.41, 5.74) is 0. The van der Waals surface area contributed by atoms with E-state index < -0.39 is 0 Å². The Bertz CT molecular complexity index is 110. The molecule has 0 aromatic heterocycles. The minimum atomic E-state index is 0.239. The highest BCUT2D eigenvalue weighted by molar-refractivity contribution is 4.66. The summed E-state index contributed by atoms with van der Waals surface area (Å²) in [5.74, 6) is 0. The van der Waals surface area contributed by atoms with E-state index in [0.29, 0.717) is 0 Å². The van der Waals surface area contributed by atoms with E-state index >= 15 is 0 Å². The monoisotopic (exact) mass is 202 g/mol. The molecule has 14 heavy (non-hydrogen) atoms. The molecule has 0 aliphatic carbocycles. The second kappa shape index (κ2) is 9.44. The predicted molar refractivity (Wildman–Crippen MR) is 61.6 cm³/mol. The van der Waals surface area contributed by atoms with Gasteiger partial charge in [-0.2, -0.15) is 0 Å². The molecule has 86 valence electrons. The van der Waals surface area contributed by atoms with Gasteiger partial charge >= 0.3 is 0 Å². The first-order valence-electron chi connectivity index (χ1n) is 5.78. The van der Waals surface area contributed by atoms with Crippen LogP contribution in [0.3, 0.4) is 0 Å². The molecule has 3 nitrogen and oxygen atoms in total. The molecule has 2 N–H and O–H groups in total. The smallest absolute Gasteiger partial charge is 0.0585 e. The van der Waals surface area contributed by atoms with Gasteiger partial charge in [0.1, 0.15) is 0 Å². The van der Waals surface area contributed by atoms with E-state index in [4.69, 9.17) is 5.11 Å². The number of aliphatic hydroxyl groups excluding tert-OH is 1. The molecule has 0 radical (unpaired) electrons. The summed E-state index contributed by atoms with van der Waals surface area (Å²) in [6.07, 6.45) is 3.46. The Hall–Kier alpha value is -0.120. The van der Waals surface area contributed by atoms with Gasteiger partial charge in [0.2, 0.25) is 0 Å². The molecule has 0 aliphatic heterocycles. The first kappa shape index (κ1) is 13.9. The van der Waals surface area contributed by atoms with Gasteiger partial charge in [-0.3, -0.25) is 0 Å². The van der Waals surface area contributed by atoms with Gasteiger partial charge in [-0.15, -0.1) is 0 Å². The normalized spacial score (nSPS) is 13.5. The average Bonchev–Trinajstić information content (AvgIpc) is 2.20. The van der Waals surface area contributed by atoms with E-state index in [-0.39, 0.29) is 12.6 Å². The van der Waals surface area contributed by atoms with Gasteiger partial charge in [0, 0.05) is 6.04 Å². The zero-order valence-electron chi connectivity index (χ0n) is 9.92. The number of hydrogen-bond donors (Lipinski definition) is 2. The molecule has 0 rings (SSSR count). The van der Waals surface area contributed by atoms with Crippen LogP contribution < -0.4 is 5.32 Å². The Morgan fingerprint density at radius 3 is 2.07 bits per heavy atom. The molecule has 0 aromatic rings. The topological polar surface area (TPSA) is 35.5 Å². The lowest BCUT2D eigenvalue weighted by Crippen LogP contribution is -2.35. The average molecular weight is 202 g/mol. The van der Waals surface area contributed by atoms with E-state index in [1.54, 1.807) is 0 Å². The Morgan fingerprint density at radius 2 is 1.71 bits per heavy atom. The highest BCUT2D eigenvalue weighted by Crippen LogP contribution is 1.99. The van der Waals surface area contributed by atoms with E-state index in [9.17, 15) is 0 Å². The maximum atomic E-state index is 9.02. The van der Waals surface area contributed by atoms with Crippen LogP contribution >= 0.6 is 0 Å². The quantitative estimate of drug-likeness (QED) is 0.587. The summed E-state index contributed by atoms with van der Waals surface area (Å²) >= 11 is 0. The van der Waals surface area contributed by atoms with Gasteiger partial charge in [0.05, 0.1) is 6.61 Å². The van der Waals surface area contributed by atoms with Crippen LogP contribution in [0.5, 0.6) is 0 Å². The van der Waals surface area contributed by atoms with Gasteiger partial charge in [-0.1, -0.05) is 13.8 Å². The SMILES string of the molecule is CCCN(CCC)CCC(CO)NC. The third-order valence-corrected chi connectivity index (χ3v) is 2.50. The van der Waals surface area contributed by atoms with Gasteiger partial charge in [0.25, 0.3) is 0 Å². The Morgan fingerprint density at radius 1 is 1.14 bits per heavy atom. The molecular formula is C11H26N2O. The van der Waals surface area contributed by atoms with Crippen molar-refractivity contribution in [2.24, 2.45) is 0 Å². The summed E-state index contributed by atoms with van der Waals surface area (Å²) in [7, 11) is 1.91. The van der Waals surface area contributed by atoms with Crippen molar-refractivity contribution in [2.45, 2.75) is 39.2 Å². The van der Waals surface area contributed by atoms with Crippen LogP contribution in [0.15, 0.2) is 0 Å². The molecule has 3 heteroatoms. The van der Waals surface area contributed by atoms with Crippen LogP contribution in [0.2, 0.25) is 0 Å². The second-order valence-electron chi connectivity index (χ2n) is 3.80. The largest absolute Gasteiger partial charge is 0.395 e. The van der Waals surface area contributed by atoms with Crippen molar-refractivity contribution in [3.63, 3.8) is 0 Å². The minimum absolute atomic E-state index is 0.239. The molecule has 0 heterocycles. The number of nitrogens with zero attached hydrogens (tertiary/aromatic N) is 1. The molecule has 0 aromatic carbocycles. The van der Waals surface area contributed by atoms with E-state index in [1.165, 1.54) is 25.9 Å². The highest BCUT2D eigenvalue weighted by atomic mass is 16.3. The highest BCUT2D eigenvalue weighted by Gasteiger charge is 2.07. The molecule has 0 saturated heterocycles.